The van der Waals surface area contributed by atoms with Gasteiger partial charge in [0.05, 0.1) is 13.5 Å². The minimum absolute atomic E-state index is 0.0910. The van der Waals surface area contributed by atoms with E-state index in [4.69, 9.17) is 9.26 Å². The summed E-state index contributed by atoms with van der Waals surface area (Å²) in [6.45, 7) is 0. The first-order valence-electron chi connectivity index (χ1n) is 11.4. The number of alkyl halides is 3. The molecule has 0 radical (unpaired) electrons. The Morgan fingerprint density at radius 1 is 1.16 bits per heavy atom. The highest BCUT2D eigenvalue weighted by Gasteiger charge is 2.66. The van der Waals surface area contributed by atoms with Gasteiger partial charge in [-0.05, 0) is 30.0 Å². The maximum atomic E-state index is 14.8. The number of carbonyl (C=O) groups is 1. The van der Waals surface area contributed by atoms with Crippen molar-refractivity contribution >= 4 is 23.5 Å². The van der Waals surface area contributed by atoms with Gasteiger partial charge < -0.3 is 19.9 Å². The number of nitrogens with one attached hydrogen (secondary N) is 2. The first kappa shape index (κ1) is 25.2. The number of ether oxygens (including phenoxy) is 1. The van der Waals surface area contributed by atoms with Crippen molar-refractivity contribution in [2.45, 2.75) is 30.9 Å². The zero-order valence-electron chi connectivity index (χ0n) is 20.1. The molecule has 10 nitrogen and oxygen atoms in total. The summed E-state index contributed by atoms with van der Waals surface area (Å²) in [6.07, 6.45) is -1.99. The molecule has 0 atom stereocenters. The van der Waals surface area contributed by atoms with E-state index >= 15 is 0 Å². The molecule has 0 aliphatic heterocycles. The van der Waals surface area contributed by atoms with Crippen LogP contribution in [0.4, 0.5) is 35.1 Å². The van der Waals surface area contributed by atoms with Gasteiger partial charge in [0.15, 0.2) is 11.6 Å². The predicted molar refractivity (Wildman–Crippen MR) is 126 cm³/mol. The molecule has 3 aromatic heterocycles. The first-order valence-corrected chi connectivity index (χ1v) is 11.4. The van der Waals surface area contributed by atoms with Crippen molar-refractivity contribution in [1.29, 1.82) is 0 Å². The van der Waals surface area contributed by atoms with Gasteiger partial charge in [0.25, 0.3) is 0 Å². The van der Waals surface area contributed by atoms with Crippen molar-refractivity contribution in [3.8, 4) is 17.0 Å². The lowest BCUT2D eigenvalue weighted by Gasteiger charge is -2.14. The molecule has 0 unspecified atom stereocenters. The number of halogens is 4. The second-order valence-corrected chi connectivity index (χ2v) is 8.80. The number of amides is 1. The van der Waals surface area contributed by atoms with Crippen molar-refractivity contribution in [1.82, 2.24) is 24.9 Å². The first-order chi connectivity index (χ1) is 18.1. The smallest absolute Gasteiger partial charge is 0.401 e. The molecule has 38 heavy (non-hydrogen) atoms. The Balaban J connectivity index is 1.21. The van der Waals surface area contributed by atoms with Gasteiger partial charge in [0.2, 0.25) is 17.7 Å². The summed E-state index contributed by atoms with van der Waals surface area (Å²) >= 11 is 0. The number of hydrogen-bond acceptors (Lipinski definition) is 8. The average molecular weight is 531 g/mol. The summed E-state index contributed by atoms with van der Waals surface area (Å²) in [5.74, 6) is -0.470. The van der Waals surface area contributed by atoms with Gasteiger partial charge in [0, 0.05) is 37.1 Å². The quantitative estimate of drug-likeness (QED) is 0.318. The van der Waals surface area contributed by atoms with Crippen LogP contribution >= 0.6 is 0 Å². The van der Waals surface area contributed by atoms with Gasteiger partial charge in [-0.3, -0.25) is 4.79 Å². The third-order valence-electron chi connectivity index (χ3n) is 6.24. The number of hydrogen-bond donors (Lipinski definition) is 2. The van der Waals surface area contributed by atoms with E-state index in [0.717, 1.165) is 6.07 Å². The van der Waals surface area contributed by atoms with Crippen molar-refractivity contribution < 1.29 is 31.6 Å². The third kappa shape index (κ3) is 4.88. The predicted octanol–water partition coefficient (Wildman–Crippen LogP) is 4.53. The second kappa shape index (κ2) is 9.43. The fourth-order valence-corrected chi connectivity index (χ4v) is 3.90. The third-order valence-corrected chi connectivity index (χ3v) is 6.24. The molecule has 4 aromatic rings. The molecule has 14 heteroatoms. The Hall–Kier alpha value is -4.49. The molecule has 0 bridgehead atoms. The number of methoxy groups -OCH3 is 1. The Kier molecular flexibility index (Phi) is 6.25. The Morgan fingerprint density at radius 3 is 2.50 bits per heavy atom. The van der Waals surface area contributed by atoms with Gasteiger partial charge in [-0.2, -0.15) is 13.2 Å². The lowest BCUT2D eigenvalue weighted by atomic mass is 10.0. The zero-order valence-corrected chi connectivity index (χ0v) is 20.1. The van der Waals surface area contributed by atoms with E-state index in [1.165, 1.54) is 31.6 Å². The number of nitrogens with zero attached hydrogens (tertiary/aromatic N) is 5. The highest BCUT2D eigenvalue weighted by molar-refractivity contribution is 5.91. The van der Waals surface area contributed by atoms with Crippen LogP contribution < -0.4 is 15.4 Å². The van der Waals surface area contributed by atoms with Crippen molar-refractivity contribution in [3.63, 3.8) is 0 Å². The van der Waals surface area contributed by atoms with E-state index < -0.39 is 23.3 Å². The van der Waals surface area contributed by atoms with Crippen molar-refractivity contribution in [2.24, 2.45) is 7.05 Å². The number of rotatable bonds is 8. The van der Waals surface area contributed by atoms with Gasteiger partial charge in [0.1, 0.15) is 17.1 Å². The summed E-state index contributed by atoms with van der Waals surface area (Å²) in [5, 5.41) is 13.0. The van der Waals surface area contributed by atoms with Gasteiger partial charge in [-0.25, -0.2) is 19.0 Å². The van der Waals surface area contributed by atoms with Crippen molar-refractivity contribution in [3.05, 3.63) is 59.9 Å². The van der Waals surface area contributed by atoms with Crippen LogP contribution in [0.5, 0.6) is 5.88 Å². The van der Waals surface area contributed by atoms with Crippen LogP contribution in [0.3, 0.4) is 0 Å². The van der Waals surface area contributed by atoms with Crippen LogP contribution in [-0.2, 0) is 23.7 Å². The largest absolute Gasteiger partial charge is 0.480 e. The minimum atomic E-state index is -4.46. The van der Waals surface area contributed by atoms with Gasteiger partial charge in [-0.15, -0.1) is 5.10 Å². The van der Waals surface area contributed by atoms with Gasteiger partial charge >= 0.3 is 6.18 Å². The Labute approximate surface area is 213 Å². The Morgan fingerprint density at radius 2 is 1.89 bits per heavy atom. The summed E-state index contributed by atoms with van der Waals surface area (Å²) in [4.78, 5) is 20.8. The SMILES string of the molecule is COc1cc(Nc2ncc(-c3ccc(CC(=O)Nc4cc(C5(C(F)(F)F)CC5)on4)c(F)c3)cn2)n(C)n1. The highest BCUT2D eigenvalue weighted by atomic mass is 19.4. The lowest BCUT2D eigenvalue weighted by molar-refractivity contribution is -0.165. The fraction of sp³-hybridized carbons (Fsp3) is 0.292. The molecule has 0 saturated heterocycles. The molecule has 1 amide bonds. The van der Waals surface area contributed by atoms with Gasteiger partial charge in [-0.1, -0.05) is 17.3 Å². The van der Waals surface area contributed by atoms with Crippen LogP contribution in [0.2, 0.25) is 0 Å². The minimum Gasteiger partial charge on any atom is -0.480 e. The molecule has 0 spiro atoms. The Bertz CT molecular complexity index is 1480. The summed E-state index contributed by atoms with van der Waals surface area (Å²) in [5.41, 5.74) is -0.923. The molecule has 1 aliphatic carbocycles. The molecule has 3 heterocycles. The molecule has 1 aliphatic rings. The molecule has 1 fully saturated rings. The molecule has 1 aromatic carbocycles. The topological polar surface area (TPSA) is 120 Å². The zero-order chi connectivity index (χ0) is 27.1. The van der Waals surface area contributed by atoms with E-state index in [9.17, 15) is 22.4 Å². The van der Waals surface area contributed by atoms with E-state index in [1.807, 2.05) is 0 Å². The van der Waals surface area contributed by atoms with E-state index in [1.54, 1.807) is 23.9 Å². The summed E-state index contributed by atoms with van der Waals surface area (Å²) < 4.78 is 66.0. The van der Waals surface area contributed by atoms with Crippen molar-refractivity contribution in [2.75, 3.05) is 17.7 Å². The molecular weight excluding hydrogens is 510 g/mol. The van der Waals surface area contributed by atoms with Crippen LogP contribution in [-0.4, -0.2) is 44.1 Å². The van der Waals surface area contributed by atoms with E-state index in [0.29, 0.717) is 28.8 Å². The summed E-state index contributed by atoms with van der Waals surface area (Å²) in [7, 11) is 3.23. The molecule has 5 rings (SSSR count). The van der Waals surface area contributed by atoms with E-state index in [-0.39, 0.29) is 36.4 Å². The fourth-order valence-electron chi connectivity index (χ4n) is 3.90. The molecule has 2 N–H and O–H groups in total. The monoisotopic (exact) mass is 531 g/mol. The molecule has 198 valence electrons. The number of aryl methyl sites for hydroxylation is 1. The number of carbonyl (C=O) groups excluding carboxylic acids is 1. The summed E-state index contributed by atoms with van der Waals surface area (Å²) in [6, 6.07) is 7.03. The molecule has 1 saturated carbocycles. The molecular formula is C24H21F4N7O3. The van der Waals surface area contributed by atoms with E-state index in [2.05, 4.69) is 30.9 Å². The number of anilines is 3. The van der Waals surface area contributed by atoms with Crippen LogP contribution in [0, 0.1) is 5.82 Å². The standard InChI is InChI=1S/C24H21F4N7O3/c1-35-19(10-21(33-35)37-2)32-22-29-11-15(12-30-22)13-3-4-14(16(25)7-13)8-20(36)31-18-9-17(38-34-18)23(5-6-23)24(26,27)28/h3-4,7,9-12H,5-6,8H2,1-2H3,(H,29,30,32)(H,31,34,36). The van der Waals surface area contributed by atoms with Crippen LogP contribution in [0.25, 0.3) is 11.1 Å². The van der Waals surface area contributed by atoms with Crippen LogP contribution in [0.1, 0.15) is 24.2 Å². The maximum absolute atomic E-state index is 14.8. The number of aromatic nitrogens is 5. The number of benzene rings is 1. The lowest BCUT2D eigenvalue weighted by Crippen LogP contribution is -2.28. The van der Waals surface area contributed by atoms with Crippen LogP contribution in [0.15, 0.2) is 47.2 Å². The average Bonchev–Trinajstić information content (AvgIpc) is 3.46. The normalized spacial score (nSPS) is 14.3. The highest BCUT2D eigenvalue weighted by Crippen LogP contribution is 2.59. The maximum Gasteiger partial charge on any atom is 0.401 e. The second-order valence-electron chi connectivity index (χ2n) is 8.80.